The number of para-hydroxylation sites is 2. The van der Waals surface area contributed by atoms with Crippen LogP contribution in [0.5, 0.6) is 5.75 Å². The number of methoxy groups -OCH3 is 1. The Morgan fingerprint density at radius 3 is 2.72 bits per heavy atom. The van der Waals surface area contributed by atoms with Crippen LogP contribution in [0.25, 0.3) is 11.0 Å². The van der Waals surface area contributed by atoms with Crippen LogP contribution in [0.4, 0.5) is 0 Å². The number of aryl methyl sites for hydroxylation is 1. The molecule has 0 saturated heterocycles. The molecule has 4 rings (SSSR count). The first kappa shape index (κ1) is 15.7. The summed E-state index contributed by atoms with van der Waals surface area (Å²) in [5.41, 5.74) is 3.31. The summed E-state index contributed by atoms with van der Waals surface area (Å²) in [5.74, 6) is 2.00. The predicted octanol–water partition coefficient (Wildman–Crippen LogP) is 3.02. The average Bonchev–Trinajstić information content (AvgIpc) is 3.04. The van der Waals surface area contributed by atoms with E-state index < -0.39 is 0 Å². The second-order valence-corrected chi connectivity index (χ2v) is 6.33. The lowest BCUT2D eigenvalue weighted by molar-refractivity contribution is -0.132. The van der Waals surface area contributed by atoms with Crippen LogP contribution in [0, 0.1) is 0 Å². The second-order valence-electron chi connectivity index (χ2n) is 6.33. The number of fused-ring (bicyclic) bond motifs is 3. The van der Waals surface area contributed by atoms with Gasteiger partial charge in [0, 0.05) is 19.5 Å². The molecule has 0 N–H and O–H groups in total. The Bertz CT molecular complexity index is 899. The van der Waals surface area contributed by atoms with Gasteiger partial charge >= 0.3 is 0 Å². The number of benzene rings is 2. The number of hydrogen-bond acceptors (Lipinski definition) is 3. The zero-order chi connectivity index (χ0) is 17.2. The summed E-state index contributed by atoms with van der Waals surface area (Å²) < 4.78 is 7.39. The third kappa shape index (κ3) is 3.09. The van der Waals surface area contributed by atoms with E-state index >= 15 is 0 Å². The van der Waals surface area contributed by atoms with Gasteiger partial charge in [0.25, 0.3) is 0 Å². The van der Waals surface area contributed by atoms with Gasteiger partial charge in [-0.05, 0) is 36.2 Å². The van der Waals surface area contributed by atoms with Gasteiger partial charge in [-0.25, -0.2) is 4.98 Å². The van der Waals surface area contributed by atoms with E-state index in [1.165, 1.54) is 0 Å². The van der Waals surface area contributed by atoms with Crippen molar-refractivity contribution in [2.24, 2.45) is 0 Å². The van der Waals surface area contributed by atoms with Crippen molar-refractivity contribution < 1.29 is 9.53 Å². The zero-order valence-electron chi connectivity index (χ0n) is 14.3. The lowest BCUT2D eigenvalue weighted by Crippen LogP contribution is -2.38. The van der Waals surface area contributed by atoms with Gasteiger partial charge < -0.3 is 14.2 Å². The van der Waals surface area contributed by atoms with E-state index in [1.807, 2.05) is 47.4 Å². The number of carbonyl (C=O) groups is 1. The minimum atomic E-state index is 0.189. The Kier molecular flexibility index (Phi) is 4.14. The van der Waals surface area contributed by atoms with E-state index in [9.17, 15) is 4.79 Å². The van der Waals surface area contributed by atoms with Crippen LogP contribution in [0.2, 0.25) is 0 Å². The summed E-state index contributed by atoms with van der Waals surface area (Å²) in [6, 6.07) is 16.0. The van der Waals surface area contributed by atoms with Crippen molar-refractivity contribution in [2.45, 2.75) is 25.9 Å². The molecule has 0 atom stereocenters. The Morgan fingerprint density at radius 2 is 1.92 bits per heavy atom. The van der Waals surface area contributed by atoms with Gasteiger partial charge in [0.15, 0.2) is 0 Å². The number of carbonyl (C=O) groups excluding carboxylic acids is 1. The van der Waals surface area contributed by atoms with E-state index in [-0.39, 0.29) is 5.91 Å². The summed E-state index contributed by atoms with van der Waals surface area (Å²) in [6.45, 7) is 2.15. The molecule has 5 heteroatoms. The van der Waals surface area contributed by atoms with Crippen molar-refractivity contribution in [3.8, 4) is 5.75 Å². The quantitative estimate of drug-likeness (QED) is 0.736. The summed E-state index contributed by atoms with van der Waals surface area (Å²) in [7, 11) is 1.65. The fraction of sp³-hybridized carbons (Fsp3) is 0.300. The molecule has 2 heterocycles. The molecule has 128 valence electrons. The Hall–Kier alpha value is -2.82. The number of rotatable bonds is 4. The van der Waals surface area contributed by atoms with Crippen molar-refractivity contribution in [2.75, 3.05) is 13.7 Å². The topological polar surface area (TPSA) is 47.4 Å². The number of hydrogen-bond donors (Lipinski definition) is 0. The van der Waals surface area contributed by atoms with Crippen LogP contribution < -0.4 is 4.74 Å². The zero-order valence-corrected chi connectivity index (χ0v) is 14.3. The number of imidazole rings is 1. The molecule has 2 aromatic carbocycles. The highest BCUT2D eigenvalue weighted by atomic mass is 16.5. The first-order valence-corrected chi connectivity index (χ1v) is 8.59. The van der Waals surface area contributed by atoms with E-state index in [2.05, 4.69) is 15.6 Å². The molecular weight excluding hydrogens is 314 g/mol. The number of aromatic nitrogens is 2. The molecule has 0 unspecified atom stereocenters. The summed E-state index contributed by atoms with van der Waals surface area (Å²) >= 11 is 0. The normalized spacial score (nSPS) is 13.7. The first-order chi connectivity index (χ1) is 12.2. The molecule has 1 aliphatic rings. The Morgan fingerprint density at radius 1 is 1.12 bits per heavy atom. The molecule has 3 aromatic rings. The maximum absolute atomic E-state index is 12.6. The van der Waals surface area contributed by atoms with Gasteiger partial charge in [0.05, 0.1) is 24.7 Å². The molecule has 0 aliphatic carbocycles. The molecule has 0 fully saturated rings. The summed E-state index contributed by atoms with van der Waals surface area (Å²) in [5, 5.41) is 0. The van der Waals surface area contributed by atoms with Crippen LogP contribution in [0.1, 0.15) is 17.8 Å². The van der Waals surface area contributed by atoms with E-state index in [4.69, 9.17) is 4.74 Å². The van der Waals surface area contributed by atoms with E-state index in [1.54, 1.807) is 7.11 Å². The summed E-state index contributed by atoms with van der Waals surface area (Å²) in [6.07, 6.45) is 1.27. The molecule has 0 bridgehead atoms. The SMILES string of the molecule is COc1ccc(CCC(=O)N2CCn3c(nc4ccccc43)C2)cc1. The Labute approximate surface area is 146 Å². The maximum atomic E-state index is 12.6. The molecule has 0 saturated carbocycles. The van der Waals surface area contributed by atoms with Crippen molar-refractivity contribution in [3.05, 3.63) is 59.9 Å². The van der Waals surface area contributed by atoms with E-state index in [0.717, 1.165) is 47.7 Å². The third-order valence-electron chi connectivity index (χ3n) is 4.80. The van der Waals surface area contributed by atoms with Gasteiger partial charge in [-0.1, -0.05) is 24.3 Å². The smallest absolute Gasteiger partial charge is 0.223 e. The van der Waals surface area contributed by atoms with Crippen molar-refractivity contribution in [3.63, 3.8) is 0 Å². The standard InChI is InChI=1S/C20H21N3O2/c1-25-16-9-6-15(7-10-16)8-11-20(24)22-12-13-23-18-5-3-2-4-17(18)21-19(23)14-22/h2-7,9-10H,8,11-14H2,1H3. The van der Waals surface area contributed by atoms with Gasteiger partial charge in [-0.2, -0.15) is 0 Å². The molecule has 1 amide bonds. The van der Waals surface area contributed by atoms with Gasteiger partial charge in [0.2, 0.25) is 5.91 Å². The summed E-state index contributed by atoms with van der Waals surface area (Å²) in [4.78, 5) is 19.2. The number of nitrogens with zero attached hydrogens (tertiary/aromatic N) is 3. The minimum absolute atomic E-state index is 0.189. The molecular formula is C20H21N3O2. The average molecular weight is 335 g/mol. The molecule has 0 spiro atoms. The van der Waals surface area contributed by atoms with Gasteiger partial charge in [0.1, 0.15) is 11.6 Å². The van der Waals surface area contributed by atoms with Crippen LogP contribution in [-0.2, 0) is 24.3 Å². The Balaban J connectivity index is 1.41. The van der Waals surface area contributed by atoms with Crippen LogP contribution in [0.15, 0.2) is 48.5 Å². The minimum Gasteiger partial charge on any atom is -0.497 e. The highest BCUT2D eigenvalue weighted by Crippen LogP contribution is 2.21. The number of amides is 1. The maximum Gasteiger partial charge on any atom is 0.223 e. The first-order valence-electron chi connectivity index (χ1n) is 8.59. The largest absolute Gasteiger partial charge is 0.497 e. The highest BCUT2D eigenvalue weighted by molar-refractivity contribution is 5.78. The number of ether oxygens (including phenoxy) is 1. The van der Waals surface area contributed by atoms with Crippen molar-refractivity contribution in [1.29, 1.82) is 0 Å². The van der Waals surface area contributed by atoms with Crippen LogP contribution in [-0.4, -0.2) is 34.0 Å². The van der Waals surface area contributed by atoms with E-state index in [0.29, 0.717) is 13.0 Å². The lowest BCUT2D eigenvalue weighted by atomic mass is 10.1. The van der Waals surface area contributed by atoms with Crippen LogP contribution in [0.3, 0.4) is 0 Å². The van der Waals surface area contributed by atoms with Crippen molar-refractivity contribution >= 4 is 16.9 Å². The molecule has 1 aromatic heterocycles. The fourth-order valence-electron chi connectivity index (χ4n) is 3.38. The molecule has 25 heavy (non-hydrogen) atoms. The van der Waals surface area contributed by atoms with Crippen molar-refractivity contribution in [1.82, 2.24) is 14.5 Å². The lowest BCUT2D eigenvalue weighted by Gasteiger charge is -2.28. The third-order valence-corrected chi connectivity index (χ3v) is 4.80. The molecule has 0 radical (unpaired) electrons. The predicted molar refractivity (Wildman–Crippen MR) is 96.5 cm³/mol. The fourth-order valence-corrected chi connectivity index (χ4v) is 3.38. The molecule has 5 nitrogen and oxygen atoms in total. The van der Waals surface area contributed by atoms with Crippen LogP contribution >= 0.6 is 0 Å². The van der Waals surface area contributed by atoms with Gasteiger partial charge in [-0.15, -0.1) is 0 Å². The monoisotopic (exact) mass is 335 g/mol. The van der Waals surface area contributed by atoms with Gasteiger partial charge in [-0.3, -0.25) is 4.79 Å². The highest BCUT2D eigenvalue weighted by Gasteiger charge is 2.23. The molecule has 1 aliphatic heterocycles. The second kappa shape index (κ2) is 6.59.